The molecule has 0 bridgehead atoms. The second-order valence-corrected chi connectivity index (χ2v) is 3.20. The van der Waals surface area contributed by atoms with Gasteiger partial charge in [0.05, 0.1) is 22.3 Å². The molecule has 9 heteroatoms. The van der Waals surface area contributed by atoms with Crippen LogP contribution in [0.5, 0.6) is 0 Å². The predicted octanol–water partition coefficient (Wildman–Crippen LogP) is 0.411. The number of benzene rings is 1. The highest BCUT2D eigenvalue weighted by atomic mass is 17.1. The minimum atomic E-state index is -1.85. The predicted molar refractivity (Wildman–Crippen MR) is 55.4 cm³/mol. The highest BCUT2D eigenvalue weighted by Gasteiger charge is 2.30. The molecule has 0 heterocycles. The molecule has 1 aromatic rings. The maximum Gasteiger partial charge on any atom is 0.373 e. The van der Waals surface area contributed by atoms with E-state index in [1.165, 1.54) is 0 Å². The summed E-state index contributed by atoms with van der Waals surface area (Å²) in [6.45, 7) is 0. The number of carbonyl (C=O) groups is 4. The van der Waals surface area contributed by atoms with Crippen LogP contribution in [0.2, 0.25) is 0 Å². The fraction of sp³-hybridized carbons (Fsp3) is 0. The van der Waals surface area contributed by atoms with Gasteiger partial charge in [-0.1, -0.05) is 0 Å². The molecule has 0 radical (unpaired) electrons. The van der Waals surface area contributed by atoms with Crippen LogP contribution in [0.3, 0.4) is 0 Å². The monoisotopic (exact) mass is 270 g/mol. The second kappa shape index (κ2) is 5.14. The maximum atomic E-state index is 11.1. The van der Waals surface area contributed by atoms with E-state index in [0.717, 1.165) is 12.1 Å². The van der Waals surface area contributed by atoms with Crippen molar-refractivity contribution in [3.05, 3.63) is 34.4 Å². The van der Waals surface area contributed by atoms with Crippen LogP contribution < -0.4 is 0 Å². The summed E-state index contributed by atoms with van der Waals surface area (Å²) in [5, 5.41) is 34.8. The summed E-state index contributed by atoms with van der Waals surface area (Å²) in [6, 6.07) is 1.46. The van der Waals surface area contributed by atoms with Crippen LogP contribution in [0.15, 0.2) is 12.1 Å². The molecule has 4 N–H and O–H groups in total. The zero-order valence-corrected chi connectivity index (χ0v) is 8.98. The van der Waals surface area contributed by atoms with Crippen molar-refractivity contribution in [1.29, 1.82) is 0 Å². The molecule has 1 aromatic carbocycles. The van der Waals surface area contributed by atoms with Gasteiger partial charge in [-0.25, -0.2) is 19.2 Å². The van der Waals surface area contributed by atoms with Crippen LogP contribution in [-0.4, -0.2) is 44.5 Å². The van der Waals surface area contributed by atoms with Gasteiger partial charge in [0.15, 0.2) is 0 Å². The van der Waals surface area contributed by atoms with E-state index in [-0.39, 0.29) is 0 Å². The average Bonchev–Trinajstić information content (AvgIpc) is 2.35. The van der Waals surface area contributed by atoms with E-state index < -0.39 is 46.1 Å². The van der Waals surface area contributed by atoms with Gasteiger partial charge in [-0.2, -0.15) is 5.26 Å². The van der Waals surface area contributed by atoms with Gasteiger partial charge in [0.1, 0.15) is 0 Å². The molecule has 0 spiro atoms. The van der Waals surface area contributed by atoms with E-state index in [1.807, 2.05) is 0 Å². The molecule has 0 atom stereocenters. The summed E-state index contributed by atoms with van der Waals surface area (Å²) in [7, 11) is 0. The lowest BCUT2D eigenvalue weighted by atomic mass is 9.95. The lowest BCUT2D eigenvalue weighted by Gasteiger charge is -2.09. The number of aromatic carboxylic acids is 3. The topological polar surface area (TPSA) is 158 Å². The average molecular weight is 270 g/mol. The first-order valence-electron chi connectivity index (χ1n) is 4.53. The Kier molecular flexibility index (Phi) is 3.82. The highest BCUT2D eigenvalue weighted by Crippen LogP contribution is 2.21. The third-order valence-corrected chi connectivity index (χ3v) is 2.17. The lowest BCUT2D eigenvalue weighted by molar-refractivity contribution is -0.182. The Morgan fingerprint density at radius 3 is 1.58 bits per heavy atom. The van der Waals surface area contributed by atoms with Gasteiger partial charge >= 0.3 is 23.9 Å². The Bertz CT molecular complexity index is 587. The summed E-state index contributed by atoms with van der Waals surface area (Å²) >= 11 is 0. The number of carbonyl (C=O) groups excluding carboxylic acids is 1. The fourth-order valence-corrected chi connectivity index (χ4v) is 1.44. The third kappa shape index (κ3) is 2.50. The van der Waals surface area contributed by atoms with Gasteiger partial charge in [0.2, 0.25) is 0 Å². The first-order valence-corrected chi connectivity index (χ1v) is 4.53. The maximum absolute atomic E-state index is 11.1. The van der Waals surface area contributed by atoms with Crippen LogP contribution in [0.4, 0.5) is 0 Å². The number of rotatable bonds is 4. The van der Waals surface area contributed by atoms with Crippen molar-refractivity contribution < 1.29 is 44.6 Å². The summed E-state index contributed by atoms with van der Waals surface area (Å²) in [6.07, 6.45) is 0. The molecule has 9 nitrogen and oxygen atoms in total. The number of carboxylic acid groups (broad SMARTS) is 3. The van der Waals surface area contributed by atoms with Crippen LogP contribution in [-0.2, 0) is 4.89 Å². The molecule has 0 saturated carbocycles. The van der Waals surface area contributed by atoms with E-state index in [2.05, 4.69) is 4.89 Å². The lowest BCUT2D eigenvalue weighted by Crippen LogP contribution is -2.19. The molecule has 0 aromatic heterocycles. The first-order chi connectivity index (χ1) is 8.81. The molecule has 1 rings (SSSR count). The highest BCUT2D eigenvalue weighted by molar-refractivity contribution is 6.13. The van der Waals surface area contributed by atoms with E-state index in [0.29, 0.717) is 0 Å². The molecule has 0 amide bonds. The van der Waals surface area contributed by atoms with Crippen LogP contribution in [0, 0.1) is 0 Å². The number of hydrogen-bond donors (Lipinski definition) is 4. The van der Waals surface area contributed by atoms with Crippen molar-refractivity contribution in [3.63, 3.8) is 0 Å². The number of carboxylic acids is 3. The zero-order chi connectivity index (χ0) is 14.7. The number of hydrogen-bond acceptors (Lipinski definition) is 6. The molecular weight excluding hydrogens is 264 g/mol. The molecule has 0 saturated heterocycles. The van der Waals surface area contributed by atoms with Crippen molar-refractivity contribution in [2.24, 2.45) is 0 Å². The van der Waals surface area contributed by atoms with Crippen molar-refractivity contribution in [2.45, 2.75) is 0 Å². The minimum absolute atomic E-state index is 0.727. The Morgan fingerprint density at radius 2 is 1.21 bits per heavy atom. The molecule has 100 valence electrons. The Hall–Kier alpha value is -2.94. The molecule has 0 aliphatic heterocycles. The summed E-state index contributed by atoms with van der Waals surface area (Å²) in [5.74, 6) is -6.89. The Balaban J connectivity index is 3.78. The largest absolute Gasteiger partial charge is 0.478 e. The van der Waals surface area contributed by atoms with Gasteiger partial charge in [-0.3, -0.25) is 4.89 Å². The van der Waals surface area contributed by atoms with Crippen LogP contribution >= 0.6 is 0 Å². The molecule has 0 aliphatic carbocycles. The van der Waals surface area contributed by atoms with Crippen molar-refractivity contribution >= 4 is 23.9 Å². The van der Waals surface area contributed by atoms with E-state index in [4.69, 9.17) is 20.6 Å². The van der Waals surface area contributed by atoms with Crippen molar-refractivity contribution in [2.75, 3.05) is 0 Å². The smallest absolute Gasteiger partial charge is 0.373 e. The molecule has 0 fully saturated rings. The van der Waals surface area contributed by atoms with Crippen LogP contribution in [0.25, 0.3) is 0 Å². The van der Waals surface area contributed by atoms with Gasteiger partial charge in [0, 0.05) is 0 Å². The molecule has 19 heavy (non-hydrogen) atoms. The normalized spacial score (nSPS) is 9.74. The Labute approximate surface area is 104 Å². The van der Waals surface area contributed by atoms with Gasteiger partial charge in [-0.05, 0) is 12.1 Å². The molecule has 0 aliphatic rings. The van der Waals surface area contributed by atoms with Crippen molar-refractivity contribution in [1.82, 2.24) is 0 Å². The standard InChI is InChI=1S/C10H6O9/c11-7(12)3-1-2-4(10(17)19-18)6(9(15)16)5(3)8(13)14/h1-2,18H,(H,11,12)(H,13,14)(H,15,16). The van der Waals surface area contributed by atoms with E-state index in [9.17, 15) is 19.2 Å². The second-order valence-electron chi connectivity index (χ2n) is 3.20. The van der Waals surface area contributed by atoms with Crippen LogP contribution in [0.1, 0.15) is 41.4 Å². The van der Waals surface area contributed by atoms with Gasteiger partial charge < -0.3 is 15.3 Å². The fourth-order valence-electron chi connectivity index (χ4n) is 1.44. The SMILES string of the molecule is O=C(O)c1ccc(C(=O)OO)c(C(=O)O)c1C(=O)O. The van der Waals surface area contributed by atoms with E-state index in [1.54, 1.807) is 0 Å². The Morgan fingerprint density at radius 1 is 0.789 bits per heavy atom. The van der Waals surface area contributed by atoms with E-state index >= 15 is 0 Å². The molecular formula is C10H6O9. The van der Waals surface area contributed by atoms with Gasteiger partial charge in [-0.15, -0.1) is 0 Å². The van der Waals surface area contributed by atoms with Gasteiger partial charge in [0.25, 0.3) is 0 Å². The summed E-state index contributed by atoms with van der Waals surface area (Å²) < 4.78 is 0. The minimum Gasteiger partial charge on any atom is -0.478 e. The van der Waals surface area contributed by atoms with Crippen molar-refractivity contribution in [3.8, 4) is 0 Å². The zero-order valence-electron chi connectivity index (χ0n) is 8.98. The quantitative estimate of drug-likeness (QED) is 0.448. The third-order valence-electron chi connectivity index (χ3n) is 2.17. The summed E-state index contributed by atoms with van der Waals surface area (Å²) in [4.78, 5) is 47.2. The molecule has 0 unspecified atom stereocenters. The first kappa shape index (κ1) is 14.1. The summed E-state index contributed by atoms with van der Waals surface area (Å²) in [5.41, 5.74) is -3.74.